The highest BCUT2D eigenvalue weighted by Gasteiger charge is 2.38. The van der Waals surface area contributed by atoms with Crippen LogP contribution in [-0.2, 0) is 0 Å². The van der Waals surface area contributed by atoms with E-state index in [-0.39, 0.29) is 11.5 Å². The van der Waals surface area contributed by atoms with Crippen molar-refractivity contribution in [2.45, 2.75) is 52.1 Å². The molecule has 84 valence electrons. The van der Waals surface area contributed by atoms with Crippen LogP contribution in [0.3, 0.4) is 0 Å². The summed E-state index contributed by atoms with van der Waals surface area (Å²) in [6.07, 6.45) is 3.63. The standard InChI is InChI=1S/C10H19N5/c1-7(11)9-12-13-14-15(9)8-5-4-6-10(8,2)3/h7-8H,4-6,11H2,1-3H3. The van der Waals surface area contributed by atoms with Crippen LogP contribution in [0, 0.1) is 5.41 Å². The van der Waals surface area contributed by atoms with Gasteiger partial charge in [-0.15, -0.1) is 5.10 Å². The molecular weight excluding hydrogens is 190 g/mol. The zero-order valence-corrected chi connectivity index (χ0v) is 9.64. The molecule has 1 aromatic heterocycles. The average Bonchev–Trinajstić information content (AvgIpc) is 2.69. The normalized spacial score (nSPS) is 26.8. The molecule has 0 bridgehead atoms. The van der Waals surface area contributed by atoms with E-state index in [1.165, 1.54) is 12.8 Å². The predicted octanol–water partition coefficient (Wildman–Crippen LogP) is 1.44. The van der Waals surface area contributed by atoms with Gasteiger partial charge < -0.3 is 5.73 Å². The molecule has 0 spiro atoms. The van der Waals surface area contributed by atoms with E-state index in [4.69, 9.17) is 5.73 Å². The van der Waals surface area contributed by atoms with E-state index < -0.39 is 0 Å². The monoisotopic (exact) mass is 209 g/mol. The molecule has 0 aliphatic heterocycles. The van der Waals surface area contributed by atoms with E-state index in [0.717, 1.165) is 12.2 Å². The maximum Gasteiger partial charge on any atom is 0.168 e. The average molecular weight is 209 g/mol. The molecule has 1 aromatic rings. The Morgan fingerprint density at radius 1 is 1.53 bits per heavy atom. The summed E-state index contributed by atoms with van der Waals surface area (Å²) < 4.78 is 1.93. The molecule has 1 aliphatic rings. The van der Waals surface area contributed by atoms with Gasteiger partial charge in [-0.3, -0.25) is 0 Å². The first-order chi connectivity index (χ1) is 7.02. The molecule has 5 nitrogen and oxygen atoms in total. The van der Waals surface area contributed by atoms with Crippen molar-refractivity contribution < 1.29 is 0 Å². The molecule has 1 fully saturated rings. The van der Waals surface area contributed by atoms with E-state index in [9.17, 15) is 0 Å². The number of hydrogen-bond donors (Lipinski definition) is 1. The number of aromatic nitrogens is 4. The third kappa shape index (κ3) is 1.76. The second-order valence-electron chi connectivity index (χ2n) is 5.17. The van der Waals surface area contributed by atoms with Crippen molar-refractivity contribution >= 4 is 0 Å². The lowest BCUT2D eigenvalue weighted by molar-refractivity contribution is 0.233. The van der Waals surface area contributed by atoms with Crippen LogP contribution in [0.25, 0.3) is 0 Å². The molecule has 1 heterocycles. The minimum atomic E-state index is -0.101. The zero-order valence-electron chi connectivity index (χ0n) is 9.64. The Morgan fingerprint density at radius 2 is 2.27 bits per heavy atom. The van der Waals surface area contributed by atoms with E-state index >= 15 is 0 Å². The van der Waals surface area contributed by atoms with Crippen LogP contribution >= 0.6 is 0 Å². The fraction of sp³-hybridized carbons (Fsp3) is 0.900. The van der Waals surface area contributed by atoms with Crippen molar-refractivity contribution in [3.63, 3.8) is 0 Å². The molecule has 2 rings (SSSR count). The smallest absolute Gasteiger partial charge is 0.168 e. The van der Waals surface area contributed by atoms with Gasteiger partial charge in [0, 0.05) is 0 Å². The van der Waals surface area contributed by atoms with Crippen LogP contribution in [0.15, 0.2) is 0 Å². The second-order valence-corrected chi connectivity index (χ2v) is 5.17. The molecule has 15 heavy (non-hydrogen) atoms. The first-order valence-corrected chi connectivity index (χ1v) is 5.56. The van der Waals surface area contributed by atoms with Gasteiger partial charge >= 0.3 is 0 Å². The van der Waals surface area contributed by atoms with Gasteiger partial charge in [0.25, 0.3) is 0 Å². The maximum atomic E-state index is 5.85. The van der Waals surface area contributed by atoms with Crippen LogP contribution < -0.4 is 5.73 Å². The highest BCUT2D eigenvalue weighted by molar-refractivity contribution is 4.96. The van der Waals surface area contributed by atoms with Gasteiger partial charge in [-0.2, -0.15) is 0 Å². The molecule has 2 unspecified atom stereocenters. The largest absolute Gasteiger partial charge is 0.322 e. The fourth-order valence-electron chi connectivity index (χ4n) is 2.48. The van der Waals surface area contributed by atoms with Gasteiger partial charge in [0.2, 0.25) is 0 Å². The van der Waals surface area contributed by atoms with Crippen LogP contribution in [0.2, 0.25) is 0 Å². The first-order valence-electron chi connectivity index (χ1n) is 5.56. The highest BCUT2D eigenvalue weighted by atomic mass is 15.6. The Kier molecular flexibility index (Phi) is 2.50. The van der Waals surface area contributed by atoms with Gasteiger partial charge in [-0.1, -0.05) is 20.3 Å². The molecule has 2 N–H and O–H groups in total. The van der Waals surface area contributed by atoms with Crippen molar-refractivity contribution in [2.75, 3.05) is 0 Å². The van der Waals surface area contributed by atoms with Gasteiger partial charge in [-0.05, 0) is 35.6 Å². The topological polar surface area (TPSA) is 69.6 Å². The van der Waals surface area contributed by atoms with E-state index in [1.54, 1.807) is 0 Å². The highest BCUT2D eigenvalue weighted by Crippen LogP contribution is 2.45. The molecule has 5 heteroatoms. The summed E-state index contributed by atoms with van der Waals surface area (Å²) in [5.74, 6) is 0.801. The van der Waals surface area contributed by atoms with E-state index in [1.807, 2.05) is 11.6 Å². The van der Waals surface area contributed by atoms with Gasteiger partial charge in [0.05, 0.1) is 12.1 Å². The SMILES string of the molecule is CC(N)c1nnnn1C1CCCC1(C)C. The lowest BCUT2D eigenvalue weighted by atomic mass is 9.87. The van der Waals surface area contributed by atoms with Crippen molar-refractivity contribution in [2.24, 2.45) is 11.1 Å². The quantitative estimate of drug-likeness (QED) is 0.800. The zero-order chi connectivity index (χ0) is 11.1. The molecule has 0 aromatic carbocycles. The van der Waals surface area contributed by atoms with Crippen LogP contribution in [0.4, 0.5) is 0 Å². The van der Waals surface area contributed by atoms with E-state index in [2.05, 4.69) is 29.4 Å². The molecule has 2 atom stereocenters. The lowest BCUT2D eigenvalue weighted by Crippen LogP contribution is -2.26. The van der Waals surface area contributed by atoms with Crippen molar-refractivity contribution in [1.29, 1.82) is 0 Å². The van der Waals surface area contributed by atoms with Gasteiger partial charge in [0.1, 0.15) is 0 Å². The third-order valence-corrected chi connectivity index (χ3v) is 3.42. The summed E-state index contributed by atoms with van der Waals surface area (Å²) in [7, 11) is 0. The number of nitrogens with two attached hydrogens (primary N) is 1. The summed E-state index contributed by atoms with van der Waals surface area (Å²) in [6.45, 7) is 6.47. The Labute approximate surface area is 90.0 Å². The van der Waals surface area contributed by atoms with Gasteiger partial charge in [-0.25, -0.2) is 4.68 Å². The Bertz CT molecular complexity index is 341. The van der Waals surface area contributed by atoms with Crippen LogP contribution in [-0.4, -0.2) is 20.2 Å². The van der Waals surface area contributed by atoms with Crippen molar-refractivity contribution in [3.05, 3.63) is 5.82 Å². The number of nitrogens with zero attached hydrogens (tertiary/aromatic N) is 4. The predicted molar refractivity (Wildman–Crippen MR) is 57.1 cm³/mol. The number of hydrogen-bond acceptors (Lipinski definition) is 4. The molecule has 0 amide bonds. The third-order valence-electron chi connectivity index (χ3n) is 3.42. The first kappa shape index (κ1) is 10.5. The summed E-state index contributed by atoms with van der Waals surface area (Å²) in [4.78, 5) is 0. The van der Waals surface area contributed by atoms with Crippen molar-refractivity contribution in [3.8, 4) is 0 Å². The molecule has 0 saturated heterocycles. The number of tetrazole rings is 1. The number of rotatable bonds is 2. The fourth-order valence-corrected chi connectivity index (χ4v) is 2.48. The minimum absolute atomic E-state index is 0.101. The second kappa shape index (κ2) is 3.56. The van der Waals surface area contributed by atoms with Crippen molar-refractivity contribution in [1.82, 2.24) is 20.2 Å². The lowest BCUT2D eigenvalue weighted by Gasteiger charge is -2.27. The van der Waals surface area contributed by atoms with E-state index in [0.29, 0.717) is 6.04 Å². The molecule has 1 aliphatic carbocycles. The Hall–Kier alpha value is -0.970. The molecular formula is C10H19N5. The maximum absolute atomic E-state index is 5.85. The molecule has 1 saturated carbocycles. The van der Waals surface area contributed by atoms with Crippen LogP contribution in [0.5, 0.6) is 0 Å². The minimum Gasteiger partial charge on any atom is -0.322 e. The van der Waals surface area contributed by atoms with Gasteiger partial charge in [0.15, 0.2) is 5.82 Å². The Morgan fingerprint density at radius 3 is 2.80 bits per heavy atom. The summed E-state index contributed by atoms with van der Waals surface area (Å²) in [6, 6.07) is 0.296. The summed E-state index contributed by atoms with van der Waals surface area (Å²) in [5.41, 5.74) is 6.13. The Balaban J connectivity index is 2.33. The molecule has 0 radical (unpaired) electrons. The van der Waals surface area contributed by atoms with Crippen LogP contribution in [0.1, 0.15) is 57.9 Å². The summed E-state index contributed by atoms with van der Waals surface area (Å²) in [5, 5.41) is 11.8. The summed E-state index contributed by atoms with van der Waals surface area (Å²) >= 11 is 0.